The monoisotopic (exact) mass is 461 g/mol. The minimum atomic E-state index is -0.231. The second kappa shape index (κ2) is 10.3. The number of hydrogen-bond donors (Lipinski definition) is 1. The number of aryl methyl sites for hydroxylation is 1. The molecule has 0 unspecified atom stereocenters. The van der Waals surface area contributed by atoms with E-state index in [-0.39, 0.29) is 11.7 Å². The van der Waals surface area contributed by atoms with Gasteiger partial charge in [0.15, 0.2) is 11.0 Å². The molecule has 0 aliphatic heterocycles. The van der Waals surface area contributed by atoms with Crippen molar-refractivity contribution in [1.82, 2.24) is 20.2 Å². The maximum atomic E-state index is 12.3. The summed E-state index contributed by atoms with van der Waals surface area (Å²) in [6, 6.07) is 25.1. The average molecular weight is 462 g/mol. The van der Waals surface area contributed by atoms with Crippen LogP contribution in [0, 0.1) is 6.92 Å². The molecule has 0 saturated carbocycles. The summed E-state index contributed by atoms with van der Waals surface area (Å²) in [6.45, 7) is 2.01. The number of amides is 1. The predicted octanol–water partition coefficient (Wildman–Crippen LogP) is 5.14. The van der Waals surface area contributed by atoms with Crippen molar-refractivity contribution < 1.29 is 4.79 Å². The molecule has 0 aliphatic carbocycles. The molecular formula is C24H20ClN5OS. The fourth-order valence-corrected chi connectivity index (χ4v) is 3.92. The molecule has 0 bridgehead atoms. The summed E-state index contributed by atoms with van der Waals surface area (Å²) < 4.78 is 1.92. The second-order valence-corrected chi connectivity index (χ2v) is 8.36. The third-order valence-electron chi connectivity index (χ3n) is 4.53. The first-order valence-corrected chi connectivity index (χ1v) is 11.2. The number of halogens is 1. The van der Waals surface area contributed by atoms with Gasteiger partial charge in [0.25, 0.3) is 5.91 Å². The number of rotatable bonds is 7. The van der Waals surface area contributed by atoms with Crippen LogP contribution in [-0.4, -0.2) is 32.6 Å². The molecule has 1 heterocycles. The lowest BCUT2D eigenvalue weighted by Gasteiger charge is -2.10. The summed E-state index contributed by atoms with van der Waals surface area (Å²) >= 11 is 7.35. The number of carbonyl (C=O) groups excluding carboxylic acids is 1. The Hall–Kier alpha value is -3.42. The number of nitrogens with one attached hydrogen (secondary N) is 1. The topological polar surface area (TPSA) is 72.2 Å². The van der Waals surface area contributed by atoms with Gasteiger partial charge < -0.3 is 0 Å². The Kier molecular flexibility index (Phi) is 6.99. The minimum absolute atomic E-state index is 0.145. The summed E-state index contributed by atoms with van der Waals surface area (Å²) in [5.74, 6) is 0.602. The molecule has 4 rings (SSSR count). The van der Waals surface area contributed by atoms with Crippen LogP contribution in [0.25, 0.3) is 17.1 Å². The van der Waals surface area contributed by atoms with Gasteiger partial charge in [0.05, 0.1) is 12.0 Å². The highest BCUT2D eigenvalue weighted by atomic mass is 35.5. The number of hydrazone groups is 1. The second-order valence-electron chi connectivity index (χ2n) is 6.98. The van der Waals surface area contributed by atoms with Crippen molar-refractivity contribution in [1.29, 1.82) is 0 Å². The van der Waals surface area contributed by atoms with Gasteiger partial charge in [-0.25, -0.2) is 5.43 Å². The van der Waals surface area contributed by atoms with Crippen molar-refractivity contribution in [3.63, 3.8) is 0 Å². The van der Waals surface area contributed by atoms with Gasteiger partial charge in [-0.2, -0.15) is 5.10 Å². The molecule has 6 nitrogen and oxygen atoms in total. The first-order valence-electron chi connectivity index (χ1n) is 9.88. The lowest BCUT2D eigenvalue weighted by atomic mass is 10.2. The third-order valence-corrected chi connectivity index (χ3v) is 5.71. The van der Waals surface area contributed by atoms with Gasteiger partial charge in [0.1, 0.15) is 0 Å². The van der Waals surface area contributed by atoms with Gasteiger partial charge in [0, 0.05) is 16.3 Å². The largest absolute Gasteiger partial charge is 0.272 e. The van der Waals surface area contributed by atoms with E-state index in [1.807, 2.05) is 90.4 Å². The average Bonchev–Trinajstić information content (AvgIpc) is 3.23. The predicted molar refractivity (Wildman–Crippen MR) is 129 cm³/mol. The number of hydrogen-bond acceptors (Lipinski definition) is 5. The van der Waals surface area contributed by atoms with Crippen molar-refractivity contribution in [2.45, 2.75) is 12.1 Å². The van der Waals surface area contributed by atoms with Gasteiger partial charge in [-0.05, 0) is 36.8 Å². The molecule has 32 heavy (non-hydrogen) atoms. The Labute approximate surface area is 195 Å². The van der Waals surface area contributed by atoms with Gasteiger partial charge in [-0.3, -0.25) is 9.36 Å². The van der Waals surface area contributed by atoms with Crippen LogP contribution < -0.4 is 5.43 Å². The molecule has 0 radical (unpaired) electrons. The van der Waals surface area contributed by atoms with Crippen molar-refractivity contribution >= 4 is 35.5 Å². The summed E-state index contributed by atoms with van der Waals surface area (Å²) in [4.78, 5) is 12.3. The molecule has 160 valence electrons. The van der Waals surface area contributed by atoms with Gasteiger partial charge in [0.2, 0.25) is 0 Å². The summed E-state index contributed by atoms with van der Waals surface area (Å²) in [6.07, 6.45) is 1.62. The maximum absolute atomic E-state index is 12.3. The molecule has 0 spiro atoms. The lowest BCUT2D eigenvalue weighted by Crippen LogP contribution is -2.20. The quantitative estimate of drug-likeness (QED) is 0.235. The Balaban J connectivity index is 1.50. The number of benzene rings is 3. The Morgan fingerprint density at radius 2 is 1.84 bits per heavy atom. The van der Waals surface area contributed by atoms with E-state index >= 15 is 0 Å². The van der Waals surface area contributed by atoms with E-state index in [1.165, 1.54) is 11.8 Å². The molecular weight excluding hydrogens is 442 g/mol. The van der Waals surface area contributed by atoms with E-state index in [2.05, 4.69) is 20.7 Å². The van der Waals surface area contributed by atoms with Gasteiger partial charge in [-0.1, -0.05) is 83.5 Å². The standard InChI is InChI=1S/C24H20ClN5OS/c1-17-6-5-7-18(14-17)15-26-27-22(31)16-32-24-29-28-23(19-8-3-2-4-9-19)30(24)21-12-10-20(25)11-13-21/h2-15H,16H2,1H3,(H,27,31)/b26-15-. The zero-order valence-corrected chi connectivity index (χ0v) is 18.8. The highest BCUT2D eigenvalue weighted by Gasteiger charge is 2.17. The smallest absolute Gasteiger partial charge is 0.250 e. The summed E-state index contributed by atoms with van der Waals surface area (Å²) in [5.41, 5.74) is 6.40. The normalized spacial score (nSPS) is 11.1. The number of thioether (sulfide) groups is 1. The van der Waals surface area contributed by atoms with E-state index in [1.54, 1.807) is 6.21 Å². The minimum Gasteiger partial charge on any atom is -0.272 e. The van der Waals surface area contributed by atoms with Crippen LogP contribution >= 0.6 is 23.4 Å². The van der Waals surface area contributed by atoms with E-state index in [9.17, 15) is 4.79 Å². The number of carbonyl (C=O) groups is 1. The van der Waals surface area contributed by atoms with E-state index in [0.29, 0.717) is 16.0 Å². The highest BCUT2D eigenvalue weighted by molar-refractivity contribution is 7.99. The molecule has 0 atom stereocenters. The Morgan fingerprint density at radius 1 is 1.06 bits per heavy atom. The fraction of sp³-hybridized carbons (Fsp3) is 0.0833. The first-order chi connectivity index (χ1) is 15.6. The van der Waals surface area contributed by atoms with Crippen LogP contribution in [-0.2, 0) is 4.79 Å². The lowest BCUT2D eigenvalue weighted by molar-refractivity contribution is -0.118. The summed E-state index contributed by atoms with van der Waals surface area (Å²) in [5, 5.41) is 14.0. The highest BCUT2D eigenvalue weighted by Crippen LogP contribution is 2.28. The molecule has 1 amide bonds. The van der Waals surface area contributed by atoms with Crippen molar-refractivity contribution in [2.75, 3.05) is 5.75 Å². The number of aromatic nitrogens is 3. The van der Waals surface area contributed by atoms with Crippen LogP contribution in [0.3, 0.4) is 0 Å². The van der Waals surface area contributed by atoms with Crippen molar-refractivity contribution in [3.05, 3.63) is 95.0 Å². The molecule has 0 saturated heterocycles. The third kappa shape index (κ3) is 5.43. The van der Waals surface area contributed by atoms with Crippen LogP contribution in [0.15, 0.2) is 89.1 Å². The molecule has 0 aliphatic rings. The van der Waals surface area contributed by atoms with E-state index < -0.39 is 0 Å². The van der Waals surface area contributed by atoms with E-state index in [4.69, 9.17) is 11.6 Å². The molecule has 0 fully saturated rings. The first kappa shape index (κ1) is 21.8. The van der Waals surface area contributed by atoms with Crippen LogP contribution in [0.1, 0.15) is 11.1 Å². The fourth-order valence-electron chi connectivity index (χ4n) is 3.05. The van der Waals surface area contributed by atoms with E-state index in [0.717, 1.165) is 22.4 Å². The zero-order chi connectivity index (χ0) is 22.3. The van der Waals surface area contributed by atoms with Crippen molar-refractivity contribution in [3.8, 4) is 17.1 Å². The van der Waals surface area contributed by atoms with Gasteiger partial charge >= 0.3 is 0 Å². The Bertz CT molecular complexity index is 1240. The van der Waals surface area contributed by atoms with Crippen LogP contribution in [0.4, 0.5) is 0 Å². The summed E-state index contributed by atoms with van der Waals surface area (Å²) in [7, 11) is 0. The van der Waals surface area contributed by atoms with Gasteiger partial charge in [-0.15, -0.1) is 10.2 Å². The molecule has 4 aromatic rings. The number of nitrogens with zero attached hydrogens (tertiary/aromatic N) is 4. The Morgan fingerprint density at radius 3 is 2.59 bits per heavy atom. The maximum Gasteiger partial charge on any atom is 0.250 e. The molecule has 1 N–H and O–H groups in total. The van der Waals surface area contributed by atoms with Crippen molar-refractivity contribution in [2.24, 2.45) is 5.10 Å². The molecule has 8 heteroatoms. The van der Waals surface area contributed by atoms with Crippen LogP contribution in [0.5, 0.6) is 0 Å². The molecule has 1 aromatic heterocycles. The SMILES string of the molecule is Cc1cccc(/C=N\NC(=O)CSc2nnc(-c3ccccc3)n2-c2ccc(Cl)cc2)c1. The molecule has 3 aromatic carbocycles. The zero-order valence-electron chi connectivity index (χ0n) is 17.3. The van der Waals surface area contributed by atoms with Crippen LogP contribution in [0.2, 0.25) is 5.02 Å².